The summed E-state index contributed by atoms with van der Waals surface area (Å²) in [5.74, 6) is 2.19. The molecule has 2 heterocycles. The summed E-state index contributed by atoms with van der Waals surface area (Å²) in [4.78, 5) is 4.38. The van der Waals surface area contributed by atoms with Gasteiger partial charge in [-0.2, -0.15) is 10.1 Å². The minimum atomic E-state index is 0.0533. The Morgan fingerprint density at radius 2 is 1.92 bits per heavy atom. The molecule has 0 fully saturated rings. The maximum atomic E-state index is 5.47. The van der Waals surface area contributed by atoms with E-state index in [-0.39, 0.29) is 12.1 Å². The Morgan fingerprint density at radius 3 is 2.69 bits per heavy atom. The average Bonchev–Trinajstić information content (AvgIpc) is 3.15. The van der Waals surface area contributed by atoms with Crippen LogP contribution in [0.2, 0.25) is 0 Å². The number of nitrogens with one attached hydrogen (secondary N) is 1. The predicted octanol–water partition coefficient (Wildman–Crippen LogP) is 4.20. The van der Waals surface area contributed by atoms with Gasteiger partial charge in [0.15, 0.2) is 11.5 Å². The van der Waals surface area contributed by atoms with Crippen molar-refractivity contribution in [1.29, 1.82) is 0 Å². The van der Waals surface area contributed by atoms with Gasteiger partial charge in [-0.15, -0.1) is 0 Å². The highest BCUT2D eigenvalue weighted by molar-refractivity contribution is 9.10. The first kappa shape index (κ1) is 16.9. The molecule has 3 aromatic rings. The molecule has 0 aliphatic carbocycles. The first-order chi connectivity index (χ1) is 12.7. The second-order valence-electron chi connectivity index (χ2n) is 6.15. The van der Waals surface area contributed by atoms with Crippen LogP contribution in [-0.2, 0) is 0 Å². The molecule has 1 N–H and O–H groups in total. The van der Waals surface area contributed by atoms with Crippen LogP contribution < -0.4 is 14.8 Å². The van der Waals surface area contributed by atoms with Crippen LogP contribution in [0, 0.1) is 0 Å². The van der Waals surface area contributed by atoms with Crippen molar-refractivity contribution in [3.8, 4) is 11.5 Å². The maximum absolute atomic E-state index is 5.47. The van der Waals surface area contributed by atoms with Crippen LogP contribution in [0.1, 0.15) is 29.6 Å². The molecule has 0 amide bonds. The average molecular weight is 415 g/mol. The Balaban J connectivity index is 1.74. The molecule has 0 radical (unpaired) electrons. The van der Waals surface area contributed by atoms with Crippen LogP contribution in [-0.4, -0.2) is 29.0 Å². The van der Waals surface area contributed by atoms with Gasteiger partial charge in [0.1, 0.15) is 6.33 Å². The number of methoxy groups -OCH3 is 2. The third kappa shape index (κ3) is 3.03. The Labute approximate surface area is 160 Å². The number of fused-ring (bicyclic) bond motifs is 1. The van der Waals surface area contributed by atoms with E-state index in [1.54, 1.807) is 20.5 Å². The molecule has 7 heteroatoms. The summed E-state index contributed by atoms with van der Waals surface area (Å²) in [6.45, 7) is 0. The van der Waals surface area contributed by atoms with E-state index in [1.807, 2.05) is 28.9 Å². The molecule has 1 aliphatic rings. The maximum Gasteiger partial charge on any atom is 0.222 e. The summed E-state index contributed by atoms with van der Waals surface area (Å²) in [6, 6.07) is 14.5. The highest BCUT2D eigenvalue weighted by atomic mass is 79.9. The van der Waals surface area contributed by atoms with Gasteiger partial charge in [0, 0.05) is 4.47 Å². The summed E-state index contributed by atoms with van der Waals surface area (Å²) in [7, 11) is 3.29. The second kappa shape index (κ2) is 6.99. The van der Waals surface area contributed by atoms with Gasteiger partial charge < -0.3 is 14.8 Å². The zero-order valence-electron chi connectivity index (χ0n) is 14.5. The number of halogens is 1. The lowest BCUT2D eigenvalue weighted by Crippen LogP contribution is -2.28. The predicted molar refractivity (Wildman–Crippen MR) is 103 cm³/mol. The van der Waals surface area contributed by atoms with E-state index in [2.05, 4.69) is 49.5 Å². The molecule has 6 nitrogen and oxygen atoms in total. The highest BCUT2D eigenvalue weighted by Crippen LogP contribution is 2.40. The van der Waals surface area contributed by atoms with E-state index in [4.69, 9.17) is 9.47 Å². The smallest absolute Gasteiger partial charge is 0.222 e. The first-order valence-corrected chi connectivity index (χ1v) is 9.12. The molecule has 1 aliphatic heterocycles. The largest absolute Gasteiger partial charge is 0.493 e. The van der Waals surface area contributed by atoms with Gasteiger partial charge in [-0.05, 0) is 41.8 Å². The van der Waals surface area contributed by atoms with E-state index < -0.39 is 0 Å². The van der Waals surface area contributed by atoms with Gasteiger partial charge >= 0.3 is 0 Å². The van der Waals surface area contributed by atoms with Crippen LogP contribution in [0.15, 0.2) is 53.3 Å². The van der Waals surface area contributed by atoms with Crippen molar-refractivity contribution < 1.29 is 9.47 Å². The number of benzene rings is 2. The summed E-state index contributed by atoms with van der Waals surface area (Å²) < 4.78 is 13.8. The quantitative estimate of drug-likeness (QED) is 0.692. The zero-order valence-corrected chi connectivity index (χ0v) is 16.1. The van der Waals surface area contributed by atoms with Crippen LogP contribution in [0.4, 0.5) is 5.95 Å². The Kier molecular flexibility index (Phi) is 4.55. The monoisotopic (exact) mass is 414 g/mol. The number of anilines is 1. The lowest BCUT2D eigenvalue weighted by atomic mass is 9.93. The number of ether oxygens (including phenoxy) is 2. The Hall–Kier alpha value is -2.54. The normalized spacial score (nSPS) is 18.7. The SMILES string of the molecule is COc1ccc([C@@H]2C[C@H](c3cccc(Br)c3)Nc3ncnn32)cc1OC. The molecule has 134 valence electrons. The molecule has 26 heavy (non-hydrogen) atoms. The summed E-state index contributed by atoms with van der Waals surface area (Å²) in [6.07, 6.45) is 2.43. The fraction of sp³-hybridized carbons (Fsp3) is 0.263. The summed E-state index contributed by atoms with van der Waals surface area (Å²) in [5.41, 5.74) is 2.31. The van der Waals surface area contributed by atoms with Gasteiger partial charge in [-0.3, -0.25) is 0 Å². The topological polar surface area (TPSA) is 61.2 Å². The molecular formula is C19H19BrN4O2. The molecule has 4 rings (SSSR count). The van der Waals surface area contributed by atoms with Crippen molar-refractivity contribution in [3.05, 3.63) is 64.4 Å². The fourth-order valence-corrected chi connectivity index (χ4v) is 3.82. The van der Waals surface area contributed by atoms with Crippen molar-refractivity contribution in [2.24, 2.45) is 0 Å². The third-order valence-corrected chi connectivity index (χ3v) is 5.17. The first-order valence-electron chi connectivity index (χ1n) is 8.33. The van der Waals surface area contributed by atoms with Gasteiger partial charge in [0.2, 0.25) is 5.95 Å². The zero-order chi connectivity index (χ0) is 18.1. The third-order valence-electron chi connectivity index (χ3n) is 4.67. The molecule has 0 bridgehead atoms. The molecule has 0 unspecified atom stereocenters. The molecule has 1 aromatic heterocycles. The highest BCUT2D eigenvalue weighted by Gasteiger charge is 2.30. The number of aromatic nitrogens is 3. The molecule has 2 aromatic carbocycles. The molecule has 0 saturated carbocycles. The fourth-order valence-electron chi connectivity index (χ4n) is 3.40. The van der Waals surface area contributed by atoms with Gasteiger partial charge in [-0.25, -0.2) is 4.68 Å². The standard InChI is InChI=1S/C19H19BrN4O2/c1-25-17-7-6-13(9-18(17)26-2)16-10-15(12-4-3-5-14(20)8-12)23-19-21-11-22-24(16)19/h3-9,11,15-16H,10H2,1-2H3,(H,21,22,23)/t15-,16+/m1/s1. The van der Waals surface area contributed by atoms with E-state index in [0.29, 0.717) is 11.5 Å². The molecule has 0 spiro atoms. The van der Waals surface area contributed by atoms with Gasteiger partial charge in [0.25, 0.3) is 0 Å². The van der Waals surface area contributed by atoms with Crippen LogP contribution in [0.3, 0.4) is 0 Å². The minimum Gasteiger partial charge on any atom is -0.493 e. The van der Waals surface area contributed by atoms with Crippen LogP contribution in [0.5, 0.6) is 11.5 Å². The molecule has 0 saturated heterocycles. The Morgan fingerprint density at radius 1 is 1.08 bits per heavy atom. The number of rotatable bonds is 4. The van der Waals surface area contributed by atoms with Crippen LogP contribution in [0.25, 0.3) is 0 Å². The van der Waals surface area contributed by atoms with E-state index in [0.717, 1.165) is 22.4 Å². The van der Waals surface area contributed by atoms with Gasteiger partial charge in [0.05, 0.1) is 26.3 Å². The molecule has 2 atom stereocenters. The number of hydrogen-bond acceptors (Lipinski definition) is 5. The lowest BCUT2D eigenvalue weighted by Gasteiger charge is -2.32. The number of hydrogen-bond donors (Lipinski definition) is 1. The van der Waals surface area contributed by atoms with E-state index >= 15 is 0 Å². The number of nitrogens with zero attached hydrogens (tertiary/aromatic N) is 3. The van der Waals surface area contributed by atoms with Crippen molar-refractivity contribution in [3.63, 3.8) is 0 Å². The van der Waals surface area contributed by atoms with Crippen LogP contribution >= 0.6 is 15.9 Å². The molecular weight excluding hydrogens is 396 g/mol. The van der Waals surface area contributed by atoms with Crippen molar-refractivity contribution in [2.45, 2.75) is 18.5 Å². The van der Waals surface area contributed by atoms with E-state index in [9.17, 15) is 0 Å². The summed E-state index contributed by atoms with van der Waals surface area (Å²) >= 11 is 3.56. The lowest BCUT2D eigenvalue weighted by molar-refractivity contribution is 0.352. The Bertz CT molecular complexity index is 927. The van der Waals surface area contributed by atoms with Crippen molar-refractivity contribution >= 4 is 21.9 Å². The minimum absolute atomic E-state index is 0.0533. The summed E-state index contributed by atoms with van der Waals surface area (Å²) in [5, 5.41) is 7.90. The van der Waals surface area contributed by atoms with Gasteiger partial charge in [-0.1, -0.05) is 34.1 Å². The van der Waals surface area contributed by atoms with Crippen molar-refractivity contribution in [2.75, 3.05) is 19.5 Å². The second-order valence-corrected chi connectivity index (χ2v) is 7.06. The van der Waals surface area contributed by atoms with Crippen molar-refractivity contribution in [1.82, 2.24) is 14.8 Å². The van der Waals surface area contributed by atoms with E-state index in [1.165, 1.54) is 5.56 Å².